The first-order valence-corrected chi connectivity index (χ1v) is 13.8. The molecule has 1 aliphatic rings. The largest absolute Gasteiger partial charge is 0.456 e. The summed E-state index contributed by atoms with van der Waals surface area (Å²) in [6.07, 6.45) is 1.73. The number of hydrogen-bond acceptors (Lipinski definition) is 7. The lowest BCUT2D eigenvalue weighted by Crippen LogP contribution is -2.38. The highest BCUT2D eigenvalue weighted by Gasteiger charge is 2.35. The first-order chi connectivity index (χ1) is 17.1. The Kier molecular flexibility index (Phi) is 8.33. The average molecular weight is 557 g/mol. The summed E-state index contributed by atoms with van der Waals surface area (Å²) in [7, 11) is -3.12. The van der Waals surface area contributed by atoms with Crippen LogP contribution in [0.4, 0.5) is 13.6 Å². The molecular formula is C25H30F2N2O6S2. The molecule has 1 N–H and O–H groups in total. The molecule has 0 unspecified atom stereocenters. The average Bonchev–Trinajstić information content (AvgIpc) is 3.54. The Hall–Kier alpha value is -2.99. The number of halogens is 2. The van der Waals surface area contributed by atoms with Gasteiger partial charge in [0.2, 0.25) is 0 Å². The van der Waals surface area contributed by atoms with E-state index in [1.54, 1.807) is 51.1 Å². The number of carbonyl (C=O) groups excluding carboxylic acids is 2. The molecule has 202 valence electrons. The summed E-state index contributed by atoms with van der Waals surface area (Å²) in [6, 6.07) is 8.87. The quantitative estimate of drug-likeness (QED) is 0.415. The Labute approximate surface area is 219 Å². The molecule has 2 aromatic rings. The third kappa shape index (κ3) is 8.00. The van der Waals surface area contributed by atoms with Crippen molar-refractivity contribution in [2.75, 3.05) is 7.05 Å². The van der Waals surface area contributed by atoms with Crippen molar-refractivity contribution in [3.8, 4) is 11.5 Å². The van der Waals surface area contributed by atoms with Crippen LogP contribution in [-0.2, 0) is 20.7 Å². The smallest absolute Gasteiger partial charge is 0.424 e. The Balaban J connectivity index is 1.81. The van der Waals surface area contributed by atoms with Gasteiger partial charge in [-0.1, -0.05) is 18.2 Å². The molecule has 1 heterocycles. The molecule has 1 aromatic heterocycles. The third-order valence-corrected chi connectivity index (χ3v) is 7.93. The molecule has 3 rings (SSSR count). The Morgan fingerprint density at radius 3 is 2.32 bits per heavy atom. The topological polar surface area (TPSA) is 102 Å². The fraction of sp³-hybridized carbons (Fsp3) is 0.440. The molecular weight excluding hydrogens is 526 g/mol. The van der Waals surface area contributed by atoms with Gasteiger partial charge in [-0.15, -0.1) is 11.3 Å². The van der Waals surface area contributed by atoms with Gasteiger partial charge in [0, 0.05) is 25.4 Å². The maximum atomic E-state index is 14.0. The molecule has 37 heavy (non-hydrogen) atoms. The summed E-state index contributed by atoms with van der Waals surface area (Å²) >= 11 is 0.607. The van der Waals surface area contributed by atoms with Crippen molar-refractivity contribution < 1.29 is 36.3 Å². The van der Waals surface area contributed by atoms with Crippen molar-refractivity contribution in [3.05, 3.63) is 57.6 Å². The van der Waals surface area contributed by atoms with Gasteiger partial charge < -0.3 is 14.8 Å². The van der Waals surface area contributed by atoms with E-state index in [1.165, 1.54) is 6.08 Å². The second kappa shape index (κ2) is 10.8. The molecule has 0 radical (unpaired) electrons. The minimum atomic E-state index is -4.19. The summed E-state index contributed by atoms with van der Waals surface area (Å²) in [4.78, 5) is 24.9. The molecule has 1 aliphatic carbocycles. The van der Waals surface area contributed by atoms with E-state index in [0.29, 0.717) is 21.4 Å². The number of alkyl halides is 2. The minimum Gasteiger partial charge on any atom is -0.456 e. The van der Waals surface area contributed by atoms with Crippen molar-refractivity contribution in [3.63, 3.8) is 0 Å². The molecule has 2 amide bonds. The molecule has 8 nitrogen and oxygen atoms in total. The Morgan fingerprint density at radius 1 is 1.16 bits per heavy atom. The van der Waals surface area contributed by atoms with E-state index in [0.717, 1.165) is 38.3 Å². The highest BCUT2D eigenvalue weighted by Crippen LogP contribution is 2.41. The predicted octanol–water partition coefficient (Wildman–Crippen LogP) is 5.87. The van der Waals surface area contributed by atoms with E-state index in [9.17, 15) is 26.8 Å². The Morgan fingerprint density at radius 2 is 1.78 bits per heavy atom. The second-order valence-electron chi connectivity index (χ2n) is 9.77. The molecule has 1 aromatic carbocycles. The van der Waals surface area contributed by atoms with Crippen LogP contribution in [-0.4, -0.2) is 43.4 Å². The van der Waals surface area contributed by atoms with Crippen molar-refractivity contribution in [2.24, 2.45) is 5.92 Å². The molecule has 1 atom stereocenters. The molecule has 0 aliphatic heterocycles. The summed E-state index contributed by atoms with van der Waals surface area (Å²) in [5.41, 5.74) is -0.885. The zero-order valence-corrected chi connectivity index (χ0v) is 22.8. The van der Waals surface area contributed by atoms with E-state index in [1.807, 2.05) is 0 Å². The lowest BCUT2D eigenvalue weighted by Gasteiger charge is -2.23. The summed E-state index contributed by atoms with van der Waals surface area (Å²) in [6.45, 7) is 5.56. The fourth-order valence-electron chi connectivity index (χ4n) is 3.14. The summed E-state index contributed by atoms with van der Waals surface area (Å²) < 4.78 is 64.7. The number of ether oxygens (including phenoxy) is 2. The highest BCUT2D eigenvalue weighted by molar-refractivity contribution is 7.92. The van der Waals surface area contributed by atoms with E-state index >= 15 is 0 Å². The number of hydrogen-bond donors (Lipinski definition) is 1. The number of thiophene rings is 1. The predicted molar refractivity (Wildman–Crippen MR) is 136 cm³/mol. The van der Waals surface area contributed by atoms with Crippen molar-refractivity contribution in [1.29, 1.82) is 0 Å². The van der Waals surface area contributed by atoms with Gasteiger partial charge in [0.05, 0.1) is 10.9 Å². The number of rotatable bonds is 9. The lowest BCUT2D eigenvalue weighted by atomic mass is 10.2. The zero-order valence-electron chi connectivity index (χ0n) is 21.2. The van der Waals surface area contributed by atoms with Crippen LogP contribution in [0, 0.1) is 5.92 Å². The molecule has 0 spiro atoms. The molecule has 1 saturated carbocycles. The van der Waals surface area contributed by atoms with Gasteiger partial charge in [-0.2, -0.15) is 0 Å². The van der Waals surface area contributed by atoms with Crippen molar-refractivity contribution >= 4 is 33.4 Å². The maximum Gasteiger partial charge on any atom is 0.424 e. The van der Waals surface area contributed by atoms with E-state index < -0.39 is 39.6 Å². The maximum absolute atomic E-state index is 14.0. The van der Waals surface area contributed by atoms with Crippen LogP contribution in [0.3, 0.4) is 0 Å². The fourth-order valence-corrected chi connectivity index (χ4v) is 4.85. The van der Waals surface area contributed by atoms with Gasteiger partial charge >= 0.3 is 6.09 Å². The van der Waals surface area contributed by atoms with Gasteiger partial charge in [-0.05, 0) is 57.7 Å². The molecule has 12 heteroatoms. The van der Waals surface area contributed by atoms with Crippen molar-refractivity contribution in [2.45, 2.75) is 58.1 Å². The number of carbonyl (C=O) groups is 2. The standard InChI is InChI=1S/C25H30F2N2O6S2/c1-24(2,3)35-23(31)29(5)37(32,33)14-13-18(16-11-12-16)28-22(30)21-19(15-20(36-21)25(4,26)27)34-17-9-7-6-8-10-17/h6-10,13-16,18H,11-12H2,1-5H3,(H,28,30)/b14-13+/t18-/m1/s1. The molecule has 0 saturated heterocycles. The normalized spacial score (nSPS) is 15.3. The summed E-state index contributed by atoms with van der Waals surface area (Å²) in [5.74, 6) is -3.55. The number of benzene rings is 1. The van der Waals surface area contributed by atoms with Crippen molar-refractivity contribution in [1.82, 2.24) is 9.62 Å². The van der Waals surface area contributed by atoms with Crippen LogP contribution in [0.5, 0.6) is 11.5 Å². The van der Waals surface area contributed by atoms with E-state index in [2.05, 4.69) is 5.32 Å². The highest BCUT2D eigenvalue weighted by atomic mass is 32.2. The molecule has 1 fully saturated rings. The number of para-hydroxylation sites is 1. The van der Waals surface area contributed by atoms with E-state index in [-0.39, 0.29) is 21.4 Å². The number of nitrogens with zero attached hydrogens (tertiary/aromatic N) is 1. The first-order valence-electron chi connectivity index (χ1n) is 11.5. The van der Waals surface area contributed by atoms with Gasteiger partial charge in [-0.3, -0.25) is 4.79 Å². The van der Waals surface area contributed by atoms with Crippen LogP contribution >= 0.6 is 11.3 Å². The number of amides is 2. The van der Waals surface area contributed by atoms with Gasteiger partial charge in [-0.25, -0.2) is 26.3 Å². The molecule has 0 bridgehead atoms. The van der Waals surface area contributed by atoms with Crippen LogP contribution in [0.1, 0.15) is 55.1 Å². The summed E-state index contributed by atoms with van der Waals surface area (Å²) in [5, 5.41) is 3.56. The van der Waals surface area contributed by atoms with Crippen LogP contribution in [0.2, 0.25) is 0 Å². The van der Waals surface area contributed by atoms with Crippen LogP contribution in [0.15, 0.2) is 47.9 Å². The van der Waals surface area contributed by atoms with Gasteiger partial charge in [0.15, 0.2) is 5.75 Å². The first kappa shape index (κ1) is 28.6. The SMILES string of the molecule is CN(C(=O)OC(C)(C)C)S(=O)(=O)/C=C/[C@@H](NC(=O)c1sc(C(C)(F)F)cc1Oc1ccccc1)C1CC1. The van der Waals surface area contributed by atoms with E-state index in [4.69, 9.17) is 9.47 Å². The minimum absolute atomic E-state index is 0.0268. The van der Waals surface area contributed by atoms with Gasteiger partial charge in [0.1, 0.15) is 16.2 Å². The Bertz CT molecular complexity index is 1260. The monoisotopic (exact) mass is 556 g/mol. The number of sulfonamides is 1. The van der Waals surface area contributed by atoms with Gasteiger partial charge in [0.25, 0.3) is 21.9 Å². The number of nitrogens with one attached hydrogen (secondary N) is 1. The van der Waals surface area contributed by atoms with Crippen LogP contribution < -0.4 is 10.1 Å². The second-order valence-corrected chi connectivity index (χ2v) is 12.7. The lowest BCUT2D eigenvalue weighted by molar-refractivity contribution is 0.0213. The van der Waals surface area contributed by atoms with Crippen LogP contribution in [0.25, 0.3) is 0 Å². The third-order valence-electron chi connectivity index (χ3n) is 5.23. The zero-order chi connectivity index (χ0) is 27.6.